The maximum Gasteiger partial charge on any atom is 0.250 e. The van der Waals surface area contributed by atoms with E-state index in [2.05, 4.69) is 9.88 Å². The number of hydrogen-bond acceptors (Lipinski definition) is 4. The van der Waals surface area contributed by atoms with Crippen molar-refractivity contribution in [2.75, 3.05) is 18.0 Å². The van der Waals surface area contributed by atoms with Gasteiger partial charge in [0.2, 0.25) is 5.91 Å². The van der Waals surface area contributed by atoms with Crippen LogP contribution in [-0.4, -0.2) is 30.0 Å². The molecule has 0 radical (unpaired) electrons. The summed E-state index contributed by atoms with van der Waals surface area (Å²) in [7, 11) is 0. The second-order valence-corrected chi connectivity index (χ2v) is 5.04. The van der Waals surface area contributed by atoms with Crippen LogP contribution in [0.15, 0.2) is 18.3 Å². The van der Waals surface area contributed by atoms with Crippen LogP contribution < -0.4 is 16.4 Å². The molecule has 1 aliphatic carbocycles. The maximum atomic E-state index is 11.1. The Morgan fingerprint density at radius 3 is 2.58 bits per heavy atom. The molecule has 2 rings (SSSR count). The molecule has 0 saturated heterocycles. The van der Waals surface area contributed by atoms with Gasteiger partial charge in [-0.2, -0.15) is 0 Å². The van der Waals surface area contributed by atoms with Gasteiger partial charge in [0.15, 0.2) is 0 Å². The Bertz CT molecular complexity index is 412. The zero-order valence-electron chi connectivity index (χ0n) is 11.2. The van der Waals surface area contributed by atoms with Crippen LogP contribution in [-0.2, 0) is 0 Å². The van der Waals surface area contributed by atoms with Crippen molar-refractivity contribution in [2.24, 2.45) is 11.5 Å². The number of nitrogens with two attached hydrogens (primary N) is 2. The summed E-state index contributed by atoms with van der Waals surface area (Å²) < 4.78 is 0. The second-order valence-electron chi connectivity index (χ2n) is 5.04. The third-order valence-corrected chi connectivity index (χ3v) is 3.71. The van der Waals surface area contributed by atoms with E-state index in [9.17, 15) is 4.79 Å². The lowest BCUT2D eigenvalue weighted by molar-refractivity contribution is 0.1000. The quantitative estimate of drug-likeness (QED) is 0.837. The summed E-state index contributed by atoms with van der Waals surface area (Å²) in [6, 6.07) is 4.12. The lowest BCUT2D eigenvalue weighted by Crippen LogP contribution is -2.40. The standard InChI is InChI=1S/C14H22N4O/c15-8-9-18(12-4-2-1-3-5-12)13-7-6-11(10-17-13)14(16)19/h6-7,10,12H,1-5,8-9,15H2,(H2,16,19). The fourth-order valence-electron chi connectivity index (χ4n) is 2.72. The summed E-state index contributed by atoms with van der Waals surface area (Å²) in [5.41, 5.74) is 11.4. The van der Waals surface area contributed by atoms with E-state index >= 15 is 0 Å². The Balaban J connectivity index is 2.15. The van der Waals surface area contributed by atoms with Crippen LogP contribution in [0.25, 0.3) is 0 Å². The minimum atomic E-state index is -0.443. The summed E-state index contributed by atoms with van der Waals surface area (Å²) in [6.45, 7) is 1.41. The number of carbonyl (C=O) groups excluding carboxylic acids is 1. The van der Waals surface area contributed by atoms with Crippen LogP contribution in [0, 0.1) is 0 Å². The van der Waals surface area contributed by atoms with Gasteiger partial charge in [0.05, 0.1) is 5.56 Å². The molecule has 0 bridgehead atoms. The Labute approximate surface area is 114 Å². The molecular weight excluding hydrogens is 240 g/mol. The van der Waals surface area contributed by atoms with Gasteiger partial charge in [0, 0.05) is 25.3 Å². The summed E-state index contributed by atoms with van der Waals surface area (Å²) in [4.78, 5) is 17.7. The molecule has 1 saturated carbocycles. The molecule has 0 atom stereocenters. The van der Waals surface area contributed by atoms with Crippen molar-refractivity contribution in [3.63, 3.8) is 0 Å². The van der Waals surface area contributed by atoms with E-state index in [-0.39, 0.29) is 0 Å². The molecule has 1 amide bonds. The average Bonchev–Trinajstić information content (AvgIpc) is 2.46. The molecule has 1 aliphatic rings. The second kappa shape index (κ2) is 6.52. The Morgan fingerprint density at radius 1 is 1.32 bits per heavy atom. The summed E-state index contributed by atoms with van der Waals surface area (Å²) in [6.07, 6.45) is 7.79. The third kappa shape index (κ3) is 3.44. The molecule has 5 nitrogen and oxygen atoms in total. The van der Waals surface area contributed by atoms with E-state index in [4.69, 9.17) is 11.5 Å². The van der Waals surface area contributed by atoms with Crippen LogP contribution in [0.1, 0.15) is 42.5 Å². The first-order valence-corrected chi connectivity index (χ1v) is 6.95. The van der Waals surface area contributed by atoms with Gasteiger partial charge in [-0.25, -0.2) is 4.98 Å². The van der Waals surface area contributed by atoms with Crippen LogP contribution in [0.4, 0.5) is 5.82 Å². The van der Waals surface area contributed by atoms with E-state index in [0.29, 0.717) is 18.2 Å². The number of rotatable bonds is 5. The Hall–Kier alpha value is -1.62. The number of anilines is 1. The zero-order valence-corrected chi connectivity index (χ0v) is 11.2. The summed E-state index contributed by atoms with van der Waals surface area (Å²) in [5, 5.41) is 0. The van der Waals surface area contributed by atoms with Crippen molar-refractivity contribution in [2.45, 2.75) is 38.1 Å². The normalized spacial score (nSPS) is 16.3. The average molecular weight is 262 g/mol. The lowest BCUT2D eigenvalue weighted by Gasteiger charge is -2.35. The highest BCUT2D eigenvalue weighted by molar-refractivity contribution is 5.92. The third-order valence-electron chi connectivity index (χ3n) is 3.71. The minimum Gasteiger partial charge on any atom is -0.366 e. The van der Waals surface area contributed by atoms with Crippen molar-refractivity contribution in [1.82, 2.24) is 4.98 Å². The van der Waals surface area contributed by atoms with Crippen LogP contribution in [0.5, 0.6) is 0 Å². The van der Waals surface area contributed by atoms with Crippen molar-refractivity contribution in [3.8, 4) is 0 Å². The fourth-order valence-corrected chi connectivity index (χ4v) is 2.72. The largest absolute Gasteiger partial charge is 0.366 e. The number of hydrogen-bond donors (Lipinski definition) is 2. The smallest absolute Gasteiger partial charge is 0.250 e. The number of carbonyl (C=O) groups is 1. The molecule has 1 heterocycles. The SMILES string of the molecule is NCCN(c1ccc(C(N)=O)cn1)C1CCCCC1. The van der Waals surface area contributed by atoms with E-state index in [1.165, 1.54) is 32.1 Å². The van der Waals surface area contributed by atoms with Crippen molar-refractivity contribution in [3.05, 3.63) is 23.9 Å². The topological polar surface area (TPSA) is 85.2 Å². The predicted octanol–water partition coefficient (Wildman–Crippen LogP) is 1.28. The molecule has 4 N–H and O–H groups in total. The highest BCUT2D eigenvalue weighted by Gasteiger charge is 2.21. The van der Waals surface area contributed by atoms with E-state index in [1.54, 1.807) is 12.3 Å². The first kappa shape index (κ1) is 13.8. The monoisotopic (exact) mass is 262 g/mol. The van der Waals surface area contributed by atoms with Crippen LogP contribution in [0.2, 0.25) is 0 Å². The maximum absolute atomic E-state index is 11.1. The van der Waals surface area contributed by atoms with Gasteiger partial charge in [-0.1, -0.05) is 19.3 Å². The molecule has 0 unspecified atom stereocenters. The molecule has 19 heavy (non-hydrogen) atoms. The first-order chi connectivity index (χ1) is 9.22. The van der Waals surface area contributed by atoms with Gasteiger partial charge in [0.25, 0.3) is 0 Å². The zero-order chi connectivity index (χ0) is 13.7. The fraction of sp³-hybridized carbons (Fsp3) is 0.571. The van der Waals surface area contributed by atoms with E-state index in [1.807, 2.05) is 6.07 Å². The van der Waals surface area contributed by atoms with E-state index < -0.39 is 5.91 Å². The molecule has 104 valence electrons. The number of nitrogens with zero attached hydrogens (tertiary/aromatic N) is 2. The molecule has 0 aliphatic heterocycles. The van der Waals surface area contributed by atoms with Gasteiger partial charge in [-0.15, -0.1) is 0 Å². The molecule has 0 spiro atoms. The minimum absolute atomic E-state index is 0.443. The van der Waals surface area contributed by atoms with Gasteiger partial charge >= 0.3 is 0 Å². The Morgan fingerprint density at radius 2 is 2.05 bits per heavy atom. The number of amides is 1. The van der Waals surface area contributed by atoms with Gasteiger partial charge in [0.1, 0.15) is 5.82 Å². The molecule has 1 aromatic heterocycles. The molecule has 0 aromatic carbocycles. The van der Waals surface area contributed by atoms with Crippen LogP contribution >= 0.6 is 0 Å². The number of pyridine rings is 1. The van der Waals surface area contributed by atoms with Crippen LogP contribution in [0.3, 0.4) is 0 Å². The van der Waals surface area contributed by atoms with Crippen molar-refractivity contribution in [1.29, 1.82) is 0 Å². The highest BCUT2D eigenvalue weighted by atomic mass is 16.1. The summed E-state index contributed by atoms with van der Waals surface area (Å²) >= 11 is 0. The predicted molar refractivity (Wildman–Crippen MR) is 76.0 cm³/mol. The molecule has 5 heteroatoms. The van der Waals surface area contributed by atoms with E-state index in [0.717, 1.165) is 12.4 Å². The van der Waals surface area contributed by atoms with Gasteiger partial charge in [-0.3, -0.25) is 4.79 Å². The summed E-state index contributed by atoms with van der Waals surface area (Å²) in [5.74, 6) is 0.449. The Kier molecular flexibility index (Phi) is 4.74. The highest BCUT2D eigenvalue weighted by Crippen LogP contribution is 2.25. The van der Waals surface area contributed by atoms with Crippen molar-refractivity contribution < 1.29 is 4.79 Å². The number of primary amides is 1. The molecular formula is C14H22N4O. The molecule has 1 aromatic rings. The van der Waals surface area contributed by atoms with Gasteiger partial charge in [-0.05, 0) is 25.0 Å². The van der Waals surface area contributed by atoms with Crippen molar-refractivity contribution >= 4 is 11.7 Å². The lowest BCUT2D eigenvalue weighted by atomic mass is 9.94. The number of aromatic nitrogens is 1. The molecule has 1 fully saturated rings. The first-order valence-electron chi connectivity index (χ1n) is 6.95. The van der Waals surface area contributed by atoms with Gasteiger partial charge < -0.3 is 16.4 Å².